The number of hydrogen-bond donors (Lipinski definition) is 2. The number of aromatic amines is 2. The Labute approximate surface area is 155 Å². The molecule has 27 heavy (non-hydrogen) atoms. The van der Waals surface area contributed by atoms with Crippen LogP contribution in [-0.4, -0.2) is 49.8 Å². The summed E-state index contributed by atoms with van der Waals surface area (Å²) >= 11 is 0. The number of H-pyrrole nitrogens is 2. The van der Waals surface area contributed by atoms with E-state index in [1.807, 2.05) is 0 Å². The molecule has 0 saturated heterocycles. The van der Waals surface area contributed by atoms with E-state index in [-0.39, 0.29) is 35.4 Å². The van der Waals surface area contributed by atoms with Gasteiger partial charge in [-0.05, 0) is 39.0 Å². The van der Waals surface area contributed by atoms with Crippen molar-refractivity contribution in [2.75, 3.05) is 6.54 Å². The lowest BCUT2D eigenvalue weighted by Crippen LogP contribution is -2.45. The average molecular weight is 368 g/mol. The summed E-state index contributed by atoms with van der Waals surface area (Å²) in [5, 5.41) is 5.36. The molecule has 2 aromatic rings. The Morgan fingerprint density at radius 3 is 2.44 bits per heavy atom. The van der Waals surface area contributed by atoms with Crippen LogP contribution in [0.2, 0.25) is 0 Å². The van der Waals surface area contributed by atoms with Gasteiger partial charge in [-0.2, -0.15) is 0 Å². The zero-order valence-corrected chi connectivity index (χ0v) is 15.4. The van der Waals surface area contributed by atoms with Gasteiger partial charge < -0.3 is 10.00 Å². The summed E-state index contributed by atoms with van der Waals surface area (Å²) in [6.45, 7) is 6.06. The fourth-order valence-electron chi connectivity index (χ4n) is 3.66. The molecule has 2 aliphatic heterocycles. The van der Waals surface area contributed by atoms with Gasteiger partial charge in [0.15, 0.2) is 0 Å². The second-order valence-electron chi connectivity index (χ2n) is 7.89. The van der Waals surface area contributed by atoms with Crippen molar-refractivity contribution in [2.45, 2.75) is 39.3 Å². The first-order valence-electron chi connectivity index (χ1n) is 8.79. The molecule has 2 N–H and O–H groups in total. The van der Waals surface area contributed by atoms with E-state index < -0.39 is 5.54 Å². The number of benzene rings is 1. The number of imide groups is 1. The molecule has 2 aliphatic rings. The number of carbonyl (C=O) groups excluding carboxylic acids is 3. The van der Waals surface area contributed by atoms with Crippen molar-refractivity contribution in [3.05, 3.63) is 56.5 Å². The summed E-state index contributed by atoms with van der Waals surface area (Å²) in [4.78, 5) is 52.8. The summed E-state index contributed by atoms with van der Waals surface area (Å²) in [5.74, 6) is -0.998. The first-order chi connectivity index (χ1) is 12.7. The highest BCUT2D eigenvalue weighted by Crippen LogP contribution is 2.30. The number of hydrogen-bond acceptors (Lipinski definition) is 4. The first-order valence-corrected chi connectivity index (χ1v) is 8.79. The topological polar surface area (TPSA) is 106 Å². The zero-order valence-electron chi connectivity index (χ0n) is 15.4. The van der Waals surface area contributed by atoms with Crippen LogP contribution in [0.5, 0.6) is 0 Å². The van der Waals surface area contributed by atoms with Crippen LogP contribution >= 0.6 is 0 Å². The van der Waals surface area contributed by atoms with Gasteiger partial charge in [0.2, 0.25) is 0 Å². The largest absolute Gasteiger partial charge is 0.334 e. The molecule has 1 aromatic heterocycles. The van der Waals surface area contributed by atoms with Gasteiger partial charge in [0.05, 0.1) is 23.2 Å². The SMILES string of the molecule is CC(C)(C)N1C(=O)c2ccc(C(=O)N3CCc4[nH][nH]c(=O)c4C3)cc2C1=O. The van der Waals surface area contributed by atoms with Crippen LogP contribution in [0.25, 0.3) is 0 Å². The molecule has 0 unspecified atom stereocenters. The van der Waals surface area contributed by atoms with E-state index in [1.54, 1.807) is 31.7 Å². The summed E-state index contributed by atoms with van der Waals surface area (Å²) in [5.41, 5.74) is 1.41. The smallest absolute Gasteiger partial charge is 0.269 e. The van der Waals surface area contributed by atoms with Crippen LogP contribution < -0.4 is 5.56 Å². The number of rotatable bonds is 1. The molecule has 140 valence electrons. The lowest BCUT2D eigenvalue weighted by molar-refractivity contribution is 0.0507. The lowest BCUT2D eigenvalue weighted by atomic mass is 10.0. The van der Waals surface area contributed by atoms with Gasteiger partial charge in [-0.3, -0.25) is 29.2 Å². The first kappa shape index (κ1) is 17.3. The lowest BCUT2D eigenvalue weighted by Gasteiger charge is -2.29. The number of fused-ring (bicyclic) bond motifs is 2. The highest BCUT2D eigenvalue weighted by Gasteiger charge is 2.42. The van der Waals surface area contributed by atoms with Crippen LogP contribution in [0.4, 0.5) is 0 Å². The van der Waals surface area contributed by atoms with Gasteiger partial charge in [0.1, 0.15) is 0 Å². The predicted molar refractivity (Wildman–Crippen MR) is 96.6 cm³/mol. The van der Waals surface area contributed by atoms with Crippen molar-refractivity contribution in [2.24, 2.45) is 0 Å². The molecule has 3 amide bonds. The van der Waals surface area contributed by atoms with E-state index in [0.717, 1.165) is 5.69 Å². The van der Waals surface area contributed by atoms with E-state index in [4.69, 9.17) is 0 Å². The number of nitrogens with zero attached hydrogens (tertiary/aromatic N) is 2. The van der Waals surface area contributed by atoms with Crippen molar-refractivity contribution in [3.63, 3.8) is 0 Å². The Morgan fingerprint density at radius 2 is 1.74 bits per heavy atom. The highest BCUT2D eigenvalue weighted by atomic mass is 16.2. The van der Waals surface area contributed by atoms with E-state index in [2.05, 4.69) is 10.2 Å². The Hall–Kier alpha value is -3.16. The van der Waals surface area contributed by atoms with E-state index in [1.165, 1.54) is 17.0 Å². The van der Waals surface area contributed by atoms with Crippen molar-refractivity contribution in [1.82, 2.24) is 20.0 Å². The van der Waals surface area contributed by atoms with Crippen LogP contribution in [-0.2, 0) is 13.0 Å². The van der Waals surface area contributed by atoms with Crippen molar-refractivity contribution in [1.29, 1.82) is 0 Å². The number of aromatic nitrogens is 2. The standard InChI is InChI=1S/C19H20N4O4/c1-19(2,3)23-17(26)11-5-4-10(8-12(11)18(23)27)16(25)22-7-6-14-13(9-22)15(24)21-20-14/h4-5,8H,6-7,9H2,1-3H3,(H2,20,21,24). The van der Waals surface area contributed by atoms with Gasteiger partial charge in [-0.15, -0.1) is 0 Å². The molecule has 0 spiro atoms. The van der Waals surface area contributed by atoms with Gasteiger partial charge >= 0.3 is 0 Å². The maximum absolute atomic E-state index is 12.9. The maximum atomic E-state index is 12.9. The molecule has 8 heteroatoms. The van der Waals surface area contributed by atoms with Crippen molar-refractivity contribution in [3.8, 4) is 0 Å². The van der Waals surface area contributed by atoms with E-state index in [9.17, 15) is 19.2 Å². The van der Waals surface area contributed by atoms with Crippen molar-refractivity contribution < 1.29 is 14.4 Å². The van der Waals surface area contributed by atoms with Gasteiger partial charge in [-0.25, -0.2) is 0 Å². The number of nitrogens with one attached hydrogen (secondary N) is 2. The molecular formula is C19H20N4O4. The summed E-state index contributed by atoms with van der Waals surface area (Å²) < 4.78 is 0. The minimum atomic E-state index is -0.643. The van der Waals surface area contributed by atoms with Crippen LogP contribution in [0.15, 0.2) is 23.0 Å². The molecule has 0 radical (unpaired) electrons. The summed E-state index contributed by atoms with van der Waals surface area (Å²) in [6.07, 6.45) is 0.556. The Morgan fingerprint density at radius 1 is 1.04 bits per heavy atom. The Bertz CT molecular complexity index is 1040. The van der Waals surface area contributed by atoms with Gasteiger partial charge in [-0.1, -0.05) is 0 Å². The van der Waals surface area contributed by atoms with Crippen LogP contribution in [0.1, 0.15) is 63.1 Å². The van der Waals surface area contributed by atoms with Crippen LogP contribution in [0.3, 0.4) is 0 Å². The van der Waals surface area contributed by atoms with Gasteiger partial charge in [0.25, 0.3) is 23.3 Å². The number of amides is 3. The normalized spacial score (nSPS) is 16.6. The summed E-state index contributed by atoms with van der Waals surface area (Å²) in [6, 6.07) is 4.59. The maximum Gasteiger partial charge on any atom is 0.269 e. The number of carbonyl (C=O) groups is 3. The third-order valence-corrected chi connectivity index (χ3v) is 5.04. The average Bonchev–Trinajstić information content (AvgIpc) is 3.11. The molecule has 4 rings (SSSR count). The summed E-state index contributed by atoms with van der Waals surface area (Å²) in [7, 11) is 0. The molecule has 3 heterocycles. The minimum Gasteiger partial charge on any atom is -0.334 e. The fraction of sp³-hybridized carbons (Fsp3) is 0.368. The van der Waals surface area contributed by atoms with E-state index in [0.29, 0.717) is 29.7 Å². The third kappa shape index (κ3) is 2.59. The minimum absolute atomic E-state index is 0.213. The Balaban J connectivity index is 1.64. The Kier molecular flexibility index (Phi) is 3.62. The quantitative estimate of drug-likeness (QED) is 0.740. The molecule has 0 saturated carbocycles. The molecule has 0 aliphatic carbocycles. The van der Waals surface area contributed by atoms with Crippen LogP contribution in [0, 0.1) is 0 Å². The predicted octanol–water partition coefficient (Wildman–Crippen LogP) is 1.30. The van der Waals surface area contributed by atoms with Crippen molar-refractivity contribution >= 4 is 17.7 Å². The fourth-order valence-corrected chi connectivity index (χ4v) is 3.66. The second kappa shape index (κ2) is 5.67. The molecular weight excluding hydrogens is 348 g/mol. The second-order valence-corrected chi connectivity index (χ2v) is 7.89. The third-order valence-electron chi connectivity index (χ3n) is 5.04. The zero-order chi connectivity index (χ0) is 19.5. The molecule has 0 fully saturated rings. The van der Waals surface area contributed by atoms with Gasteiger partial charge in [0, 0.05) is 29.8 Å². The van der Waals surface area contributed by atoms with E-state index >= 15 is 0 Å². The molecule has 0 atom stereocenters. The molecule has 0 bridgehead atoms. The monoisotopic (exact) mass is 368 g/mol. The molecule has 8 nitrogen and oxygen atoms in total. The highest BCUT2D eigenvalue weighted by molar-refractivity contribution is 6.22. The molecule has 1 aromatic carbocycles.